The zero-order valence-electron chi connectivity index (χ0n) is 22.6. The summed E-state index contributed by atoms with van der Waals surface area (Å²) in [6.45, 7) is -0.354. The Morgan fingerprint density at radius 3 is 1.82 bits per heavy atom. The van der Waals surface area contributed by atoms with Gasteiger partial charge in [-0.05, 0) is 24.3 Å². The van der Waals surface area contributed by atoms with Gasteiger partial charge in [0, 0.05) is 23.3 Å². The number of nitro benzene ring substituents is 4. The predicted molar refractivity (Wildman–Crippen MR) is 155 cm³/mol. The third-order valence-electron chi connectivity index (χ3n) is 6.68. The number of non-ortho nitro benzene ring substituents is 2. The summed E-state index contributed by atoms with van der Waals surface area (Å²) < 4.78 is 2.16. The van der Waals surface area contributed by atoms with E-state index in [1.807, 2.05) is 0 Å². The highest BCUT2D eigenvalue weighted by atomic mass is 16.6. The van der Waals surface area contributed by atoms with Crippen molar-refractivity contribution in [2.45, 2.75) is 6.54 Å². The lowest BCUT2D eigenvalue weighted by atomic mass is 10.0. The molecule has 0 bridgehead atoms. The molecule has 0 aliphatic carbocycles. The van der Waals surface area contributed by atoms with E-state index >= 15 is 0 Å². The van der Waals surface area contributed by atoms with Crippen LogP contribution >= 0.6 is 0 Å². The molecule has 0 spiro atoms. The number of hydrogen-bond acceptors (Lipinski definition) is 11. The van der Waals surface area contributed by atoms with Gasteiger partial charge in [0.15, 0.2) is 23.4 Å². The number of carbonyl (C=O) groups excluding carboxylic acids is 1. The highest BCUT2D eigenvalue weighted by molar-refractivity contribution is 5.97. The molecular weight excluding hydrogens is 594 g/mol. The average Bonchev–Trinajstić information content (AvgIpc) is 3.38. The maximum absolute atomic E-state index is 13.1. The summed E-state index contributed by atoms with van der Waals surface area (Å²) in [6.07, 6.45) is 0. The molecule has 0 radical (unpaired) electrons. The number of aromatic nitrogens is 3. The van der Waals surface area contributed by atoms with Crippen molar-refractivity contribution < 1.29 is 34.3 Å². The second-order valence-corrected chi connectivity index (χ2v) is 9.37. The third-order valence-corrected chi connectivity index (χ3v) is 6.68. The Kier molecular flexibility index (Phi) is 7.73. The first-order chi connectivity index (χ1) is 21.5. The van der Waals surface area contributed by atoms with Crippen molar-refractivity contribution >= 4 is 51.0 Å². The lowest BCUT2D eigenvalue weighted by Crippen LogP contribution is -2.41. The number of para-hydroxylation sites is 2. The van der Waals surface area contributed by atoms with E-state index in [0.717, 1.165) is 28.9 Å². The Labute approximate surface area is 250 Å². The summed E-state index contributed by atoms with van der Waals surface area (Å²) in [5.74, 6) is -1.23. The van der Waals surface area contributed by atoms with Gasteiger partial charge in [-0.1, -0.05) is 47.1 Å². The van der Waals surface area contributed by atoms with Gasteiger partial charge < -0.3 is 5.11 Å². The molecular formula is C28H18N7O10+. The molecule has 0 unspecified atom stereocenters. The van der Waals surface area contributed by atoms with Crippen molar-refractivity contribution in [2.24, 2.45) is 0 Å². The second-order valence-electron chi connectivity index (χ2n) is 9.37. The molecule has 1 heterocycles. The molecule has 0 atom stereocenters. The topological polar surface area (TPSA) is 232 Å². The standard InChI is InChI=1S/C28H17N7O10/c36-25(17-6-2-1-3-7-17)16-30-21-8-4-5-9-22(21)31(29-30)27(28(37)18-10-12-19(13-11-18)32(38)39)26-23(34(42)43)14-20(33(40)41)15-24(26)35(44)45/h1-15H,16H2/p+1. The van der Waals surface area contributed by atoms with Crippen molar-refractivity contribution in [3.8, 4) is 0 Å². The normalized spacial score (nSPS) is 11.6. The monoisotopic (exact) mass is 612 g/mol. The summed E-state index contributed by atoms with van der Waals surface area (Å²) >= 11 is 0. The Hall–Kier alpha value is -6.91. The van der Waals surface area contributed by atoms with Gasteiger partial charge >= 0.3 is 0 Å². The Morgan fingerprint density at radius 1 is 0.711 bits per heavy atom. The second kappa shape index (κ2) is 11.8. The summed E-state index contributed by atoms with van der Waals surface area (Å²) in [6, 6.07) is 19.6. The van der Waals surface area contributed by atoms with Crippen molar-refractivity contribution in [2.75, 3.05) is 0 Å². The number of carbonyl (C=O) groups is 1. The van der Waals surface area contributed by atoms with E-state index in [-0.39, 0.29) is 34.6 Å². The maximum Gasteiger partial charge on any atom is 0.295 e. The Balaban J connectivity index is 1.87. The van der Waals surface area contributed by atoms with Crippen LogP contribution in [0.25, 0.3) is 22.5 Å². The van der Waals surface area contributed by atoms with Gasteiger partial charge in [-0.15, -0.1) is 4.68 Å². The first-order valence-electron chi connectivity index (χ1n) is 12.7. The maximum atomic E-state index is 13.1. The first kappa shape index (κ1) is 29.6. The number of ketones is 1. The number of hydrogen-bond donors (Lipinski definition) is 1. The molecule has 45 heavy (non-hydrogen) atoms. The quantitative estimate of drug-likeness (QED) is 0.0563. The van der Waals surface area contributed by atoms with Crippen LogP contribution in [0.4, 0.5) is 22.7 Å². The van der Waals surface area contributed by atoms with E-state index in [0.29, 0.717) is 17.7 Å². The Bertz CT molecular complexity index is 2040. The van der Waals surface area contributed by atoms with E-state index in [1.54, 1.807) is 48.5 Å². The average molecular weight is 612 g/mol. The number of nitro groups is 4. The van der Waals surface area contributed by atoms with Crippen LogP contribution in [0.3, 0.4) is 0 Å². The van der Waals surface area contributed by atoms with Crippen LogP contribution in [0.2, 0.25) is 0 Å². The molecule has 0 amide bonds. The van der Waals surface area contributed by atoms with Crippen LogP contribution in [0, 0.1) is 40.5 Å². The molecule has 17 nitrogen and oxygen atoms in total. The van der Waals surface area contributed by atoms with E-state index in [9.17, 15) is 50.4 Å². The zero-order valence-corrected chi connectivity index (χ0v) is 22.6. The minimum Gasteiger partial charge on any atom is -0.503 e. The molecule has 0 saturated heterocycles. The number of nitrogens with zero attached hydrogens (tertiary/aromatic N) is 7. The van der Waals surface area contributed by atoms with Crippen molar-refractivity contribution in [1.82, 2.24) is 9.90 Å². The lowest BCUT2D eigenvalue weighted by Gasteiger charge is -2.09. The van der Waals surface area contributed by atoms with E-state index < -0.39 is 53.8 Å². The molecule has 224 valence electrons. The highest BCUT2D eigenvalue weighted by Gasteiger charge is 2.40. The molecule has 17 heteroatoms. The number of benzene rings is 4. The molecule has 5 aromatic rings. The summed E-state index contributed by atoms with van der Waals surface area (Å²) in [7, 11) is 0. The van der Waals surface area contributed by atoms with Gasteiger partial charge in [-0.25, -0.2) is 0 Å². The first-order valence-corrected chi connectivity index (χ1v) is 12.7. The van der Waals surface area contributed by atoms with Crippen LogP contribution < -0.4 is 4.68 Å². The molecule has 4 aromatic carbocycles. The lowest BCUT2D eigenvalue weighted by molar-refractivity contribution is -0.719. The smallest absolute Gasteiger partial charge is 0.295 e. The van der Waals surface area contributed by atoms with Gasteiger partial charge in [0.05, 0.1) is 37.0 Å². The minimum absolute atomic E-state index is 0.128. The number of Topliss-reactive ketones (excluding diaryl/α,β-unsaturated/α-hetero) is 1. The number of rotatable bonds is 10. The van der Waals surface area contributed by atoms with Gasteiger partial charge in [0.1, 0.15) is 0 Å². The fraction of sp³-hybridized carbons (Fsp3) is 0.0357. The summed E-state index contributed by atoms with van der Waals surface area (Å²) in [4.78, 5) is 56.4. The fourth-order valence-corrected chi connectivity index (χ4v) is 4.63. The van der Waals surface area contributed by atoms with Gasteiger partial charge in [0.25, 0.3) is 22.7 Å². The Morgan fingerprint density at radius 2 is 1.27 bits per heavy atom. The number of aliphatic hydroxyl groups is 1. The van der Waals surface area contributed by atoms with Crippen molar-refractivity contribution in [3.63, 3.8) is 0 Å². The molecule has 0 aliphatic rings. The van der Waals surface area contributed by atoms with Gasteiger partial charge in [-0.2, -0.15) is 0 Å². The number of fused-ring (bicyclic) bond motifs is 1. The van der Waals surface area contributed by atoms with Gasteiger partial charge in [-0.3, -0.25) is 45.3 Å². The fourth-order valence-electron chi connectivity index (χ4n) is 4.63. The zero-order chi connectivity index (χ0) is 32.4. The third kappa shape index (κ3) is 5.63. The number of aliphatic hydroxyl groups excluding tert-OH is 1. The molecule has 0 fully saturated rings. The summed E-state index contributed by atoms with van der Waals surface area (Å²) in [5.41, 5.74) is -4.44. The van der Waals surface area contributed by atoms with Crippen molar-refractivity contribution in [3.05, 3.63) is 148 Å². The van der Waals surface area contributed by atoms with Crippen LogP contribution in [0.1, 0.15) is 21.5 Å². The predicted octanol–water partition coefficient (Wildman–Crippen LogP) is 4.77. The molecule has 1 aromatic heterocycles. The van der Waals surface area contributed by atoms with Crippen LogP contribution in [0.15, 0.2) is 91.0 Å². The van der Waals surface area contributed by atoms with Crippen LogP contribution in [-0.2, 0) is 6.54 Å². The summed E-state index contributed by atoms with van der Waals surface area (Å²) in [5, 5.41) is 63.3. The molecule has 0 saturated carbocycles. The van der Waals surface area contributed by atoms with Crippen molar-refractivity contribution in [1.29, 1.82) is 0 Å². The highest BCUT2D eigenvalue weighted by Crippen LogP contribution is 2.42. The van der Waals surface area contributed by atoms with Crippen LogP contribution in [0.5, 0.6) is 0 Å². The molecule has 5 rings (SSSR count). The van der Waals surface area contributed by atoms with E-state index in [2.05, 4.69) is 5.21 Å². The van der Waals surface area contributed by atoms with E-state index in [4.69, 9.17) is 0 Å². The largest absolute Gasteiger partial charge is 0.503 e. The van der Waals surface area contributed by atoms with E-state index in [1.165, 1.54) is 10.7 Å². The molecule has 0 aliphatic heterocycles. The van der Waals surface area contributed by atoms with Gasteiger partial charge in [0.2, 0.25) is 17.0 Å². The SMILES string of the molecule is O=C(C[n+]1nn(/C(=C(/O)c2ccc([N+](=O)[O-])cc2)c2c([N+](=O)[O-])cc([N+](=O)[O-])cc2[N+](=O)[O-])c2ccccc21)c1ccccc1. The van der Waals surface area contributed by atoms with Crippen LogP contribution in [-0.4, -0.2) is 40.5 Å². The minimum atomic E-state index is -1.11. The molecule has 1 N–H and O–H groups in total.